The van der Waals surface area contributed by atoms with Gasteiger partial charge in [-0.15, -0.1) is 0 Å². The van der Waals surface area contributed by atoms with E-state index in [4.69, 9.17) is 4.74 Å². The molecule has 6 nitrogen and oxygen atoms in total. The molecule has 1 amide bonds. The lowest BCUT2D eigenvalue weighted by Gasteiger charge is -2.25. The van der Waals surface area contributed by atoms with Crippen molar-refractivity contribution < 1.29 is 24.2 Å². The molecule has 5 rings (SSSR count). The number of esters is 1. The number of benzene rings is 4. The van der Waals surface area contributed by atoms with Crippen LogP contribution < -0.4 is 4.90 Å². The second-order valence-corrected chi connectivity index (χ2v) is 8.83. The molecule has 1 heterocycles. The van der Waals surface area contributed by atoms with E-state index in [-0.39, 0.29) is 23.5 Å². The maximum Gasteiger partial charge on any atom is 0.338 e. The summed E-state index contributed by atoms with van der Waals surface area (Å²) in [5, 5.41) is 13.3. The number of nitrogens with zero attached hydrogens (tertiary/aromatic N) is 1. The van der Waals surface area contributed by atoms with Crippen molar-refractivity contribution in [1.82, 2.24) is 0 Å². The fraction of sp³-hybridized carbons (Fsp3) is 0.129. The molecular formula is C31H25NO5. The summed E-state index contributed by atoms with van der Waals surface area (Å²) < 4.78 is 5.25. The first-order valence-electron chi connectivity index (χ1n) is 12.1. The highest BCUT2D eigenvalue weighted by Gasteiger charge is 2.47. The Hall–Kier alpha value is -4.71. The number of ketones is 1. The van der Waals surface area contributed by atoms with Gasteiger partial charge in [0.2, 0.25) is 0 Å². The van der Waals surface area contributed by atoms with Gasteiger partial charge >= 0.3 is 5.97 Å². The third kappa shape index (κ3) is 4.49. The average molecular weight is 492 g/mol. The lowest BCUT2D eigenvalue weighted by Crippen LogP contribution is -2.29. The number of amides is 1. The molecule has 6 heteroatoms. The topological polar surface area (TPSA) is 83.9 Å². The van der Waals surface area contributed by atoms with E-state index in [1.54, 1.807) is 42.5 Å². The quantitative estimate of drug-likeness (QED) is 0.154. The predicted octanol–water partition coefficient (Wildman–Crippen LogP) is 6.03. The number of anilines is 1. The zero-order valence-corrected chi connectivity index (χ0v) is 20.3. The van der Waals surface area contributed by atoms with E-state index in [0.29, 0.717) is 23.2 Å². The van der Waals surface area contributed by atoms with Gasteiger partial charge in [-0.3, -0.25) is 14.5 Å². The normalized spacial score (nSPS) is 16.8. The first-order valence-corrected chi connectivity index (χ1v) is 12.1. The second-order valence-electron chi connectivity index (χ2n) is 8.83. The minimum atomic E-state index is -0.880. The number of rotatable bonds is 6. The number of hydrogen-bond acceptors (Lipinski definition) is 5. The zero-order valence-electron chi connectivity index (χ0n) is 20.3. The molecular weight excluding hydrogens is 466 g/mol. The van der Waals surface area contributed by atoms with Crippen LogP contribution in [-0.2, 0) is 14.3 Å². The van der Waals surface area contributed by atoms with E-state index in [0.717, 1.165) is 10.8 Å². The van der Waals surface area contributed by atoms with Crippen molar-refractivity contribution >= 4 is 39.9 Å². The molecule has 0 bridgehead atoms. The van der Waals surface area contributed by atoms with Crippen LogP contribution in [0, 0.1) is 0 Å². The Balaban J connectivity index is 1.65. The van der Waals surface area contributed by atoms with E-state index in [2.05, 4.69) is 0 Å². The maximum atomic E-state index is 13.4. The van der Waals surface area contributed by atoms with Crippen LogP contribution in [0.1, 0.15) is 40.9 Å². The van der Waals surface area contributed by atoms with Crippen molar-refractivity contribution in [2.75, 3.05) is 11.5 Å². The summed E-state index contributed by atoms with van der Waals surface area (Å²) in [5.41, 5.74) is 1.72. The number of ether oxygens (including phenoxy) is 1. The Morgan fingerprint density at radius 2 is 1.57 bits per heavy atom. The van der Waals surface area contributed by atoms with Crippen LogP contribution in [0.4, 0.5) is 5.69 Å². The lowest BCUT2D eigenvalue weighted by molar-refractivity contribution is -0.132. The molecule has 1 unspecified atom stereocenters. The van der Waals surface area contributed by atoms with Gasteiger partial charge in [0.05, 0.1) is 23.8 Å². The average Bonchev–Trinajstić information content (AvgIpc) is 3.21. The van der Waals surface area contributed by atoms with Crippen molar-refractivity contribution in [3.05, 3.63) is 119 Å². The highest BCUT2D eigenvalue weighted by molar-refractivity contribution is 6.51. The van der Waals surface area contributed by atoms with E-state index in [1.165, 1.54) is 11.0 Å². The predicted molar refractivity (Wildman–Crippen MR) is 142 cm³/mol. The fourth-order valence-corrected chi connectivity index (χ4v) is 4.60. The molecule has 4 aromatic carbocycles. The molecule has 1 N–H and O–H groups in total. The number of carbonyl (C=O) groups excluding carboxylic acids is 3. The van der Waals surface area contributed by atoms with E-state index in [9.17, 15) is 19.5 Å². The summed E-state index contributed by atoms with van der Waals surface area (Å²) in [7, 11) is 0. The van der Waals surface area contributed by atoms with Crippen molar-refractivity contribution in [3.63, 3.8) is 0 Å². The zero-order chi connectivity index (χ0) is 25.9. The van der Waals surface area contributed by atoms with Gasteiger partial charge in [-0.2, -0.15) is 0 Å². The van der Waals surface area contributed by atoms with Crippen molar-refractivity contribution in [3.8, 4) is 0 Å². The molecule has 0 aromatic heterocycles. The minimum absolute atomic E-state index is 0.00885. The highest BCUT2D eigenvalue weighted by atomic mass is 16.5. The number of aliphatic hydroxyl groups is 1. The Morgan fingerprint density at radius 3 is 2.32 bits per heavy atom. The van der Waals surface area contributed by atoms with Gasteiger partial charge in [0.25, 0.3) is 11.7 Å². The van der Waals surface area contributed by atoms with Crippen LogP contribution in [0.25, 0.3) is 16.5 Å². The number of carbonyl (C=O) groups is 3. The Kier molecular flexibility index (Phi) is 6.56. The Morgan fingerprint density at radius 1 is 0.838 bits per heavy atom. The fourth-order valence-electron chi connectivity index (χ4n) is 4.60. The van der Waals surface area contributed by atoms with Crippen LogP contribution in [0.15, 0.2) is 103 Å². The van der Waals surface area contributed by atoms with Gasteiger partial charge in [-0.25, -0.2) is 4.79 Å². The molecule has 1 aliphatic heterocycles. The molecule has 4 aromatic rings. The molecule has 1 aliphatic rings. The summed E-state index contributed by atoms with van der Waals surface area (Å²) in [6.07, 6.45) is 0.683. The minimum Gasteiger partial charge on any atom is -0.507 e. The van der Waals surface area contributed by atoms with Crippen LogP contribution >= 0.6 is 0 Å². The van der Waals surface area contributed by atoms with E-state index in [1.807, 2.05) is 55.5 Å². The molecule has 0 spiro atoms. The lowest BCUT2D eigenvalue weighted by atomic mass is 9.94. The molecule has 0 aliphatic carbocycles. The van der Waals surface area contributed by atoms with E-state index < -0.39 is 23.7 Å². The van der Waals surface area contributed by atoms with Crippen molar-refractivity contribution in [1.29, 1.82) is 0 Å². The van der Waals surface area contributed by atoms with E-state index >= 15 is 0 Å². The number of fused-ring (bicyclic) bond motifs is 1. The first-order chi connectivity index (χ1) is 18.0. The first kappa shape index (κ1) is 24.0. The summed E-state index contributed by atoms with van der Waals surface area (Å²) in [6.45, 7) is 2.18. The molecule has 1 atom stereocenters. The Labute approximate surface area is 214 Å². The molecule has 37 heavy (non-hydrogen) atoms. The molecule has 1 fully saturated rings. The SMILES string of the molecule is CCCOC(=O)c1cccc(N2C(=O)C(=O)/C(=C(\O)c3ccc4ccccc4c3)C2c2ccccc2)c1. The number of Topliss-reactive ketones (excluding diaryl/α,β-unsaturated/α-hetero) is 1. The number of hydrogen-bond donors (Lipinski definition) is 1. The molecule has 1 saturated heterocycles. The highest BCUT2D eigenvalue weighted by Crippen LogP contribution is 2.42. The monoisotopic (exact) mass is 491 g/mol. The summed E-state index contributed by atoms with van der Waals surface area (Å²) >= 11 is 0. The van der Waals surface area contributed by atoms with Gasteiger partial charge in [-0.1, -0.05) is 79.7 Å². The van der Waals surface area contributed by atoms with Crippen LogP contribution in [0.3, 0.4) is 0 Å². The summed E-state index contributed by atoms with van der Waals surface area (Å²) in [5.74, 6) is -2.33. The smallest absolute Gasteiger partial charge is 0.338 e. The third-order valence-corrected chi connectivity index (χ3v) is 6.38. The van der Waals surface area contributed by atoms with Gasteiger partial charge < -0.3 is 9.84 Å². The van der Waals surface area contributed by atoms with Crippen LogP contribution in [-0.4, -0.2) is 29.4 Å². The standard InChI is InChI=1S/C31H25NO5/c1-2-17-37-31(36)24-13-8-14-25(19-24)32-27(21-10-4-3-5-11-21)26(29(34)30(32)35)28(33)23-16-15-20-9-6-7-12-22(20)18-23/h3-16,18-19,27,33H,2,17H2,1H3/b28-26-. The van der Waals surface area contributed by atoms with Gasteiger partial charge in [0, 0.05) is 11.3 Å². The van der Waals surface area contributed by atoms with Gasteiger partial charge in [0.15, 0.2) is 0 Å². The molecule has 0 saturated carbocycles. The maximum absolute atomic E-state index is 13.4. The van der Waals surface area contributed by atoms with Crippen molar-refractivity contribution in [2.45, 2.75) is 19.4 Å². The van der Waals surface area contributed by atoms with Gasteiger partial charge in [-0.05, 0) is 47.0 Å². The largest absolute Gasteiger partial charge is 0.507 e. The third-order valence-electron chi connectivity index (χ3n) is 6.38. The molecule has 184 valence electrons. The Bertz CT molecular complexity index is 1540. The van der Waals surface area contributed by atoms with Crippen molar-refractivity contribution in [2.24, 2.45) is 0 Å². The molecule has 0 radical (unpaired) electrons. The van der Waals surface area contributed by atoms with Gasteiger partial charge in [0.1, 0.15) is 5.76 Å². The second kappa shape index (κ2) is 10.1. The summed E-state index contributed by atoms with van der Waals surface area (Å²) in [4.78, 5) is 40.7. The van der Waals surface area contributed by atoms with Crippen LogP contribution in [0.5, 0.6) is 0 Å². The number of aliphatic hydroxyl groups excluding tert-OH is 1. The van der Waals surface area contributed by atoms with Crippen LogP contribution in [0.2, 0.25) is 0 Å². The summed E-state index contributed by atoms with van der Waals surface area (Å²) in [6, 6.07) is 27.7.